The molecule has 1 fully saturated rings. The number of rotatable bonds is 2. The molecule has 3 heteroatoms. The third-order valence-electron chi connectivity index (χ3n) is 2.88. The third-order valence-corrected chi connectivity index (χ3v) is 2.88. The first-order chi connectivity index (χ1) is 7.36. The van der Waals surface area contributed by atoms with Crippen molar-refractivity contribution >= 4 is 0 Å². The van der Waals surface area contributed by atoms with E-state index in [9.17, 15) is 0 Å². The van der Waals surface area contributed by atoms with E-state index in [-0.39, 0.29) is 0 Å². The van der Waals surface area contributed by atoms with Crippen LogP contribution in [0.4, 0.5) is 0 Å². The van der Waals surface area contributed by atoms with Crippen LogP contribution in [-0.2, 0) is 0 Å². The molecule has 0 bridgehead atoms. The molecule has 0 spiro atoms. The highest BCUT2D eigenvalue weighted by Crippen LogP contribution is 2.11. The van der Waals surface area contributed by atoms with Gasteiger partial charge in [0.15, 0.2) is 0 Å². The largest absolute Gasteiger partial charge is 0.397 e. The summed E-state index contributed by atoms with van der Waals surface area (Å²) in [5, 5.41) is 6.88. The Morgan fingerprint density at radius 2 is 2.13 bits per heavy atom. The Balaban J connectivity index is 1.97. The molecule has 0 aromatic carbocycles. The molecule has 4 N–H and O–H groups in total. The van der Waals surface area contributed by atoms with E-state index in [4.69, 9.17) is 5.73 Å². The molecule has 15 heavy (non-hydrogen) atoms. The fraction of sp³-hybridized carbons (Fsp3) is 0.500. The van der Waals surface area contributed by atoms with Gasteiger partial charge in [-0.05, 0) is 38.4 Å². The summed E-state index contributed by atoms with van der Waals surface area (Å²) in [7, 11) is 0. The van der Waals surface area contributed by atoms with Crippen molar-refractivity contribution in [1.82, 2.24) is 10.6 Å². The Hall–Kier alpha value is -1.22. The molecule has 0 amide bonds. The van der Waals surface area contributed by atoms with E-state index in [0.717, 1.165) is 30.9 Å². The summed E-state index contributed by atoms with van der Waals surface area (Å²) < 4.78 is 0. The van der Waals surface area contributed by atoms with Crippen molar-refractivity contribution in [2.45, 2.75) is 25.3 Å². The summed E-state index contributed by atoms with van der Waals surface area (Å²) >= 11 is 0. The van der Waals surface area contributed by atoms with Gasteiger partial charge in [-0.2, -0.15) is 0 Å². The summed E-state index contributed by atoms with van der Waals surface area (Å²) in [6.07, 6.45) is 11.6. The standard InChI is InChI=1S/C12H19N3/c13-11-4-2-1-3-5-12(11)15-10-6-8-14-9-7-10/h1,3-5,10,14-15H,2,6-9,13H2. The van der Waals surface area contributed by atoms with Crippen LogP contribution >= 0.6 is 0 Å². The van der Waals surface area contributed by atoms with Crippen LogP contribution in [0.5, 0.6) is 0 Å². The molecule has 1 aliphatic heterocycles. The number of piperidine rings is 1. The van der Waals surface area contributed by atoms with Crippen LogP contribution in [0.1, 0.15) is 19.3 Å². The van der Waals surface area contributed by atoms with E-state index in [2.05, 4.69) is 34.9 Å². The van der Waals surface area contributed by atoms with Crippen molar-refractivity contribution in [3.05, 3.63) is 35.7 Å². The molecule has 0 aromatic rings. The average Bonchev–Trinajstić information content (AvgIpc) is 2.46. The van der Waals surface area contributed by atoms with Crippen molar-refractivity contribution < 1.29 is 0 Å². The van der Waals surface area contributed by atoms with E-state index in [1.807, 2.05) is 0 Å². The fourth-order valence-electron chi connectivity index (χ4n) is 1.96. The summed E-state index contributed by atoms with van der Waals surface area (Å²) in [6.45, 7) is 2.20. The molecule has 3 nitrogen and oxygen atoms in total. The van der Waals surface area contributed by atoms with Crippen LogP contribution in [0.15, 0.2) is 35.7 Å². The molecule has 1 heterocycles. The zero-order valence-corrected chi connectivity index (χ0v) is 9.00. The topological polar surface area (TPSA) is 50.1 Å². The van der Waals surface area contributed by atoms with Gasteiger partial charge in [0.1, 0.15) is 0 Å². The lowest BCUT2D eigenvalue weighted by molar-refractivity contribution is 0.413. The van der Waals surface area contributed by atoms with Crippen LogP contribution in [0, 0.1) is 0 Å². The summed E-state index contributed by atoms with van der Waals surface area (Å²) in [5.41, 5.74) is 7.92. The lowest BCUT2D eigenvalue weighted by atomic mass is 10.1. The van der Waals surface area contributed by atoms with Gasteiger partial charge >= 0.3 is 0 Å². The number of nitrogens with two attached hydrogens (primary N) is 1. The molecule has 1 aliphatic carbocycles. The molecule has 0 atom stereocenters. The Morgan fingerprint density at radius 1 is 1.33 bits per heavy atom. The first kappa shape index (κ1) is 10.3. The van der Waals surface area contributed by atoms with Crippen molar-refractivity contribution in [2.75, 3.05) is 13.1 Å². The number of hydrogen-bond donors (Lipinski definition) is 3. The second-order valence-electron chi connectivity index (χ2n) is 4.07. The smallest absolute Gasteiger partial charge is 0.0572 e. The predicted molar refractivity (Wildman–Crippen MR) is 63.1 cm³/mol. The van der Waals surface area contributed by atoms with Crippen molar-refractivity contribution in [1.29, 1.82) is 0 Å². The van der Waals surface area contributed by atoms with E-state index in [1.54, 1.807) is 0 Å². The summed E-state index contributed by atoms with van der Waals surface area (Å²) in [5.74, 6) is 0. The van der Waals surface area contributed by atoms with Gasteiger partial charge in [-0.3, -0.25) is 0 Å². The second kappa shape index (κ2) is 5.03. The lowest BCUT2D eigenvalue weighted by Gasteiger charge is -2.26. The summed E-state index contributed by atoms with van der Waals surface area (Å²) in [4.78, 5) is 0. The Labute approximate surface area is 91.1 Å². The van der Waals surface area contributed by atoms with Gasteiger partial charge < -0.3 is 16.4 Å². The highest BCUT2D eigenvalue weighted by molar-refractivity contribution is 5.33. The molecule has 1 saturated heterocycles. The van der Waals surface area contributed by atoms with Crippen molar-refractivity contribution in [3.63, 3.8) is 0 Å². The minimum atomic E-state index is 0.566. The zero-order valence-electron chi connectivity index (χ0n) is 9.00. The highest BCUT2D eigenvalue weighted by Gasteiger charge is 2.14. The predicted octanol–water partition coefficient (Wildman–Crippen LogP) is 1.01. The number of nitrogens with one attached hydrogen (secondary N) is 2. The quantitative estimate of drug-likeness (QED) is 0.630. The highest BCUT2D eigenvalue weighted by atomic mass is 15.0. The average molecular weight is 205 g/mol. The fourth-order valence-corrected chi connectivity index (χ4v) is 1.96. The first-order valence-electron chi connectivity index (χ1n) is 5.66. The molecule has 0 aromatic heterocycles. The van der Waals surface area contributed by atoms with Gasteiger partial charge in [0.05, 0.1) is 11.4 Å². The Morgan fingerprint density at radius 3 is 2.93 bits per heavy atom. The Kier molecular flexibility index (Phi) is 3.45. The number of hydrogen-bond acceptors (Lipinski definition) is 3. The Bertz CT molecular complexity index is 296. The van der Waals surface area contributed by atoms with Crippen LogP contribution in [0.3, 0.4) is 0 Å². The van der Waals surface area contributed by atoms with Gasteiger partial charge in [0.25, 0.3) is 0 Å². The molecule has 0 radical (unpaired) electrons. The van der Waals surface area contributed by atoms with E-state index < -0.39 is 0 Å². The van der Waals surface area contributed by atoms with Crippen LogP contribution in [-0.4, -0.2) is 19.1 Å². The molecular weight excluding hydrogens is 186 g/mol. The minimum absolute atomic E-state index is 0.566. The lowest BCUT2D eigenvalue weighted by Crippen LogP contribution is -2.40. The molecule has 82 valence electrons. The second-order valence-corrected chi connectivity index (χ2v) is 4.07. The molecule has 0 unspecified atom stereocenters. The van der Waals surface area contributed by atoms with E-state index in [0.29, 0.717) is 6.04 Å². The maximum atomic E-state index is 5.97. The molecule has 2 aliphatic rings. The number of allylic oxidation sites excluding steroid dienone is 4. The van der Waals surface area contributed by atoms with Crippen molar-refractivity contribution in [2.24, 2.45) is 5.73 Å². The van der Waals surface area contributed by atoms with Gasteiger partial charge in [0.2, 0.25) is 0 Å². The monoisotopic (exact) mass is 205 g/mol. The minimum Gasteiger partial charge on any atom is -0.397 e. The van der Waals surface area contributed by atoms with Gasteiger partial charge in [-0.25, -0.2) is 0 Å². The third kappa shape index (κ3) is 2.86. The van der Waals surface area contributed by atoms with Gasteiger partial charge in [-0.1, -0.05) is 18.2 Å². The van der Waals surface area contributed by atoms with Crippen LogP contribution in [0.25, 0.3) is 0 Å². The molecule has 2 rings (SSSR count). The molecular formula is C12H19N3. The SMILES string of the molecule is NC1=CCC=CC=C1NC1CCNCC1. The zero-order chi connectivity index (χ0) is 10.5. The normalized spacial score (nSPS) is 22.9. The van der Waals surface area contributed by atoms with Crippen molar-refractivity contribution in [3.8, 4) is 0 Å². The van der Waals surface area contributed by atoms with Crippen LogP contribution in [0.2, 0.25) is 0 Å². The van der Waals surface area contributed by atoms with E-state index >= 15 is 0 Å². The maximum Gasteiger partial charge on any atom is 0.0572 e. The maximum absolute atomic E-state index is 5.97. The van der Waals surface area contributed by atoms with Gasteiger partial charge in [0, 0.05) is 6.04 Å². The summed E-state index contributed by atoms with van der Waals surface area (Å²) in [6, 6.07) is 0.566. The van der Waals surface area contributed by atoms with Crippen LogP contribution < -0.4 is 16.4 Å². The van der Waals surface area contributed by atoms with E-state index in [1.165, 1.54) is 12.8 Å². The van der Waals surface area contributed by atoms with Gasteiger partial charge in [-0.15, -0.1) is 0 Å². The molecule has 0 saturated carbocycles. The first-order valence-corrected chi connectivity index (χ1v) is 5.66.